The molecule has 4 aromatic rings. The van der Waals surface area contributed by atoms with Gasteiger partial charge in [0.25, 0.3) is 11.8 Å². The number of benzene rings is 3. The highest BCUT2D eigenvalue weighted by Crippen LogP contribution is 2.38. The number of primary sulfonamides is 1. The predicted octanol–water partition coefficient (Wildman–Crippen LogP) is 4.78. The van der Waals surface area contributed by atoms with Gasteiger partial charge in [-0.1, -0.05) is 48.5 Å². The van der Waals surface area contributed by atoms with Crippen molar-refractivity contribution in [2.45, 2.75) is 11.4 Å². The van der Waals surface area contributed by atoms with Gasteiger partial charge in [-0.25, -0.2) is 13.6 Å². The fourth-order valence-corrected chi connectivity index (χ4v) is 4.45. The Morgan fingerprint density at radius 2 is 1.54 bits per heavy atom. The minimum atomic E-state index is -4.01. The van der Waals surface area contributed by atoms with Crippen LogP contribution < -0.4 is 25.2 Å². The second-order valence-corrected chi connectivity index (χ2v) is 9.71. The standard InChI is InChI=1S/C26H24F2N4O4S/c1-32(2)24-22(27)25(31-26(23(24)28)36-20-12-5-3-8-17(20)15-29)35-18-10-7-9-16(14-18)19-11-4-6-13-21(19)37(30,33)34/h3-14H,15,29H2,1-2H3,(H2,30,33,34). The molecule has 0 spiro atoms. The van der Waals surface area contributed by atoms with E-state index >= 15 is 8.78 Å². The number of pyridine rings is 1. The van der Waals surface area contributed by atoms with E-state index in [1.54, 1.807) is 54.6 Å². The number of halogens is 2. The summed E-state index contributed by atoms with van der Waals surface area (Å²) in [6.45, 7) is 0.135. The fourth-order valence-electron chi connectivity index (χ4n) is 3.69. The lowest BCUT2D eigenvalue weighted by molar-refractivity contribution is 0.376. The largest absolute Gasteiger partial charge is 0.436 e. The minimum Gasteiger partial charge on any atom is -0.436 e. The topological polar surface area (TPSA) is 121 Å². The first-order valence-corrected chi connectivity index (χ1v) is 12.6. The van der Waals surface area contributed by atoms with Gasteiger partial charge < -0.3 is 20.1 Å². The van der Waals surface area contributed by atoms with Crippen LogP contribution in [0.1, 0.15) is 5.56 Å². The summed E-state index contributed by atoms with van der Waals surface area (Å²) in [7, 11) is -1.08. The number of nitrogens with zero attached hydrogens (tertiary/aromatic N) is 2. The van der Waals surface area contributed by atoms with Crippen molar-refractivity contribution in [3.8, 4) is 34.4 Å². The van der Waals surface area contributed by atoms with Gasteiger partial charge in [-0.3, -0.25) is 0 Å². The molecule has 1 heterocycles. The maximum Gasteiger partial charge on any atom is 0.261 e. The van der Waals surface area contributed by atoms with Gasteiger partial charge in [0.2, 0.25) is 21.7 Å². The zero-order valence-electron chi connectivity index (χ0n) is 20.0. The van der Waals surface area contributed by atoms with Crippen LogP contribution in [-0.4, -0.2) is 27.5 Å². The van der Waals surface area contributed by atoms with Gasteiger partial charge in [0.1, 0.15) is 17.2 Å². The van der Waals surface area contributed by atoms with Crippen LogP contribution >= 0.6 is 0 Å². The van der Waals surface area contributed by atoms with E-state index in [1.807, 2.05) is 0 Å². The summed E-state index contributed by atoms with van der Waals surface area (Å²) in [4.78, 5) is 5.12. The van der Waals surface area contributed by atoms with Gasteiger partial charge in [-0.15, -0.1) is 0 Å². The first kappa shape index (κ1) is 26.0. The van der Waals surface area contributed by atoms with Crippen LogP contribution in [0, 0.1) is 11.6 Å². The molecular formula is C26H24F2N4O4S. The Labute approximate surface area is 213 Å². The van der Waals surface area contributed by atoms with E-state index in [1.165, 1.54) is 37.2 Å². The molecule has 3 aromatic carbocycles. The van der Waals surface area contributed by atoms with E-state index in [4.69, 9.17) is 20.3 Å². The highest BCUT2D eigenvalue weighted by Gasteiger charge is 2.25. The highest BCUT2D eigenvalue weighted by molar-refractivity contribution is 7.89. The predicted molar refractivity (Wildman–Crippen MR) is 136 cm³/mol. The summed E-state index contributed by atoms with van der Waals surface area (Å²) in [5, 5.41) is 5.36. The zero-order chi connectivity index (χ0) is 26.7. The lowest BCUT2D eigenvalue weighted by atomic mass is 10.1. The number of sulfonamides is 1. The molecule has 0 saturated heterocycles. The van der Waals surface area contributed by atoms with Crippen molar-refractivity contribution in [2.24, 2.45) is 10.9 Å². The first-order valence-electron chi connectivity index (χ1n) is 11.0. The SMILES string of the molecule is CN(C)c1c(F)c(Oc2cccc(-c3ccccc3S(N)(=O)=O)c2)nc(Oc2ccccc2CN)c1F. The second kappa shape index (κ2) is 10.5. The summed E-state index contributed by atoms with van der Waals surface area (Å²) in [5.41, 5.74) is 6.71. The summed E-state index contributed by atoms with van der Waals surface area (Å²) >= 11 is 0. The number of hydrogen-bond acceptors (Lipinski definition) is 7. The summed E-state index contributed by atoms with van der Waals surface area (Å²) in [6.07, 6.45) is 0. The van der Waals surface area contributed by atoms with Gasteiger partial charge in [-0.05, 0) is 29.8 Å². The number of para-hydroxylation sites is 1. The molecule has 0 fully saturated rings. The van der Waals surface area contributed by atoms with Crippen molar-refractivity contribution in [2.75, 3.05) is 19.0 Å². The first-order chi connectivity index (χ1) is 17.6. The fraction of sp³-hybridized carbons (Fsp3) is 0.115. The van der Waals surface area contributed by atoms with Gasteiger partial charge in [0.05, 0.1) is 4.90 Å². The normalized spacial score (nSPS) is 11.3. The number of rotatable bonds is 8. The van der Waals surface area contributed by atoms with Crippen LogP contribution in [0.15, 0.2) is 77.7 Å². The van der Waals surface area contributed by atoms with E-state index in [9.17, 15) is 8.42 Å². The van der Waals surface area contributed by atoms with Crippen LogP contribution in [0.2, 0.25) is 0 Å². The van der Waals surface area contributed by atoms with Crippen LogP contribution in [0.25, 0.3) is 11.1 Å². The summed E-state index contributed by atoms with van der Waals surface area (Å²) in [5.74, 6) is -2.72. The number of aromatic nitrogens is 1. The maximum absolute atomic E-state index is 15.3. The molecule has 0 amide bonds. The van der Waals surface area contributed by atoms with Crippen LogP contribution in [0.5, 0.6) is 23.3 Å². The van der Waals surface area contributed by atoms with Crippen LogP contribution in [-0.2, 0) is 16.6 Å². The molecule has 0 atom stereocenters. The van der Waals surface area contributed by atoms with Crippen LogP contribution in [0.3, 0.4) is 0 Å². The Bertz CT molecular complexity index is 1560. The van der Waals surface area contributed by atoms with Gasteiger partial charge in [0.15, 0.2) is 0 Å². The van der Waals surface area contributed by atoms with Crippen molar-refractivity contribution in [3.63, 3.8) is 0 Å². The average Bonchev–Trinajstić information content (AvgIpc) is 2.87. The van der Waals surface area contributed by atoms with Gasteiger partial charge in [-0.2, -0.15) is 13.8 Å². The monoisotopic (exact) mass is 526 g/mol. The van der Waals surface area contributed by atoms with Crippen LogP contribution in [0.4, 0.5) is 14.5 Å². The molecule has 0 bridgehead atoms. The molecule has 4 N–H and O–H groups in total. The Balaban J connectivity index is 1.77. The molecule has 0 aliphatic rings. The van der Waals surface area contributed by atoms with Gasteiger partial charge in [0, 0.05) is 31.8 Å². The third-order valence-corrected chi connectivity index (χ3v) is 6.36. The quantitative estimate of drug-likeness (QED) is 0.339. The molecule has 0 unspecified atom stereocenters. The lowest BCUT2D eigenvalue weighted by Gasteiger charge is -2.19. The number of ether oxygens (including phenoxy) is 2. The molecule has 192 valence electrons. The Kier molecular flexibility index (Phi) is 7.39. The lowest BCUT2D eigenvalue weighted by Crippen LogP contribution is -2.15. The number of anilines is 1. The number of hydrogen-bond donors (Lipinski definition) is 2. The van der Waals surface area contributed by atoms with E-state index in [2.05, 4.69) is 4.98 Å². The highest BCUT2D eigenvalue weighted by atomic mass is 32.2. The molecule has 11 heteroatoms. The van der Waals surface area contributed by atoms with E-state index in [0.717, 1.165) is 0 Å². The molecular weight excluding hydrogens is 502 g/mol. The molecule has 1 aromatic heterocycles. The van der Waals surface area contributed by atoms with Crippen molar-refractivity contribution < 1.29 is 26.7 Å². The van der Waals surface area contributed by atoms with Crippen molar-refractivity contribution in [1.29, 1.82) is 0 Å². The molecule has 37 heavy (non-hydrogen) atoms. The maximum atomic E-state index is 15.3. The Hall–Kier alpha value is -4.06. The van der Waals surface area contributed by atoms with Crippen molar-refractivity contribution in [3.05, 3.63) is 90.0 Å². The average molecular weight is 527 g/mol. The Morgan fingerprint density at radius 3 is 2.22 bits per heavy atom. The molecule has 0 aliphatic carbocycles. The zero-order valence-corrected chi connectivity index (χ0v) is 20.8. The molecule has 0 radical (unpaired) electrons. The van der Waals surface area contributed by atoms with E-state index in [-0.39, 0.29) is 22.9 Å². The smallest absolute Gasteiger partial charge is 0.261 e. The molecule has 0 aliphatic heterocycles. The van der Waals surface area contributed by atoms with Crippen molar-refractivity contribution in [1.82, 2.24) is 4.98 Å². The third kappa shape index (κ3) is 5.53. The van der Waals surface area contributed by atoms with E-state index in [0.29, 0.717) is 16.7 Å². The Morgan fingerprint density at radius 1 is 0.892 bits per heavy atom. The minimum absolute atomic E-state index is 0.0811. The molecule has 4 rings (SSSR count). The summed E-state index contributed by atoms with van der Waals surface area (Å²) < 4.78 is 66.1. The molecule has 0 saturated carbocycles. The summed E-state index contributed by atoms with van der Waals surface area (Å²) in [6, 6.07) is 19.2. The number of nitrogens with two attached hydrogens (primary N) is 2. The second-order valence-electron chi connectivity index (χ2n) is 8.18. The third-order valence-electron chi connectivity index (χ3n) is 5.39. The van der Waals surface area contributed by atoms with E-state index < -0.39 is 39.1 Å². The molecule has 8 nitrogen and oxygen atoms in total. The van der Waals surface area contributed by atoms with Gasteiger partial charge >= 0.3 is 0 Å². The van der Waals surface area contributed by atoms with Crippen molar-refractivity contribution >= 4 is 15.7 Å².